The maximum Gasteiger partial charge on any atom is 0.0583 e. The molecule has 11 heavy (non-hydrogen) atoms. The zero-order valence-corrected chi connectivity index (χ0v) is 11.4. The average molecular weight is 209 g/mol. The van der Waals surface area contributed by atoms with Crippen LogP contribution in [0.25, 0.3) is 0 Å². The third-order valence-electron chi connectivity index (χ3n) is 3.52. The van der Waals surface area contributed by atoms with E-state index in [4.69, 9.17) is 11.6 Å². The van der Waals surface area contributed by atoms with Gasteiger partial charge in [-0.05, 0) is 0 Å². The third-order valence-corrected chi connectivity index (χ3v) is 26.0. The van der Waals surface area contributed by atoms with Crippen LogP contribution < -0.4 is 0 Å². The predicted molar refractivity (Wildman–Crippen MR) is 60.8 cm³/mol. The molecule has 0 aromatic rings. The molecule has 0 rings (SSSR count). The molecule has 0 aliphatic heterocycles. The third kappa shape index (κ3) is 2.33. The molecule has 0 amide bonds. The fourth-order valence-corrected chi connectivity index (χ4v) is 11.7. The first-order chi connectivity index (χ1) is 4.75. The molecular formula is C8H21ClSi2. The number of hydrogen-bond donors (Lipinski definition) is 0. The van der Waals surface area contributed by atoms with Crippen LogP contribution in [0.5, 0.6) is 0 Å². The molecule has 0 fully saturated rings. The molecule has 3 heteroatoms. The van der Waals surface area contributed by atoms with Gasteiger partial charge < -0.3 is 0 Å². The molecule has 0 bridgehead atoms. The molecule has 0 spiro atoms. The molecule has 0 saturated heterocycles. The van der Waals surface area contributed by atoms with E-state index in [1.54, 1.807) is 0 Å². The van der Waals surface area contributed by atoms with Gasteiger partial charge in [0.1, 0.15) is 0 Å². The highest BCUT2D eigenvalue weighted by Crippen LogP contribution is 2.30. The molecule has 0 nitrogen and oxygen atoms in total. The summed E-state index contributed by atoms with van der Waals surface area (Å²) in [7, 11) is -2.07. The predicted octanol–water partition coefficient (Wildman–Crippen LogP) is 3.67. The minimum absolute atomic E-state index is 0.878. The Balaban J connectivity index is 4.53. The summed E-state index contributed by atoms with van der Waals surface area (Å²) in [6, 6.07) is 0. The van der Waals surface area contributed by atoms with E-state index in [9.17, 15) is 0 Å². The van der Waals surface area contributed by atoms with Gasteiger partial charge in [-0.3, -0.25) is 0 Å². The summed E-state index contributed by atoms with van der Waals surface area (Å²) in [5.41, 5.74) is 1.81. The van der Waals surface area contributed by atoms with Crippen molar-refractivity contribution in [2.45, 2.75) is 45.6 Å². The van der Waals surface area contributed by atoms with E-state index in [-0.39, 0.29) is 0 Å². The smallest absolute Gasteiger partial charge is 0.0583 e. The van der Waals surface area contributed by atoms with Gasteiger partial charge in [0.2, 0.25) is 0 Å². The van der Waals surface area contributed by atoms with Crippen LogP contribution >= 0.6 is 11.6 Å². The first-order valence-electron chi connectivity index (χ1n) is 4.31. The second-order valence-electron chi connectivity index (χ2n) is 4.89. The molecule has 0 aliphatic carbocycles. The minimum Gasteiger partial charge on any atom is -0.130 e. The monoisotopic (exact) mass is 208 g/mol. The van der Waals surface area contributed by atoms with Crippen LogP contribution in [-0.2, 0) is 0 Å². The fraction of sp³-hybridized carbons (Fsp3) is 1.00. The van der Waals surface area contributed by atoms with Crippen molar-refractivity contribution >= 4 is 26.8 Å². The summed E-state index contributed by atoms with van der Waals surface area (Å²) in [5.74, 6) is 0. The second-order valence-corrected chi connectivity index (χ2v) is 22.3. The van der Waals surface area contributed by atoms with Crippen molar-refractivity contribution < 1.29 is 0 Å². The van der Waals surface area contributed by atoms with Crippen molar-refractivity contribution in [3.05, 3.63) is 0 Å². The Morgan fingerprint density at radius 1 is 1.09 bits per heavy atom. The van der Waals surface area contributed by atoms with Crippen molar-refractivity contribution in [2.24, 2.45) is 0 Å². The quantitative estimate of drug-likeness (QED) is 0.491. The molecule has 68 valence electrons. The van der Waals surface area contributed by atoms with Crippen LogP contribution in [0.15, 0.2) is 0 Å². The molecule has 0 aliphatic rings. The summed E-state index contributed by atoms with van der Waals surface area (Å²) in [6.07, 6.45) is 0. The molecular weight excluding hydrogens is 188 g/mol. The van der Waals surface area contributed by atoms with E-state index >= 15 is 0 Å². The van der Waals surface area contributed by atoms with Gasteiger partial charge in [-0.1, -0.05) is 45.6 Å². The van der Waals surface area contributed by atoms with E-state index < -0.39 is 15.2 Å². The van der Waals surface area contributed by atoms with E-state index in [1.807, 2.05) is 0 Å². The molecule has 0 aromatic heterocycles. The average Bonchev–Trinajstić information content (AvgIpc) is 1.87. The number of hydrogen-bond acceptors (Lipinski definition) is 0. The Morgan fingerprint density at radius 3 is 1.55 bits per heavy atom. The maximum atomic E-state index is 6.02. The summed E-state index contributed by atoms with van der Waals surface area (Å²) >= 11 is 6.02. The van der Waals surface area contributed by atoms with Gasteiger partial charge in [0.25, 0.3) is 0 Å². The Bertz CT molecular complexity index is 130. The summed E-state index contributed by atoms with van der Waals surface area (Å²) < 4.78 is 0. The standard InChI is InChI=1S/C8H21ClSi2/c1-8(2)11(5,6)10(3,4)7-9/h8H,7H2,1-6H3. The lowest BCUT2D eigenvalue weighted by Crippen LogP contribution is -2.58. The van der Waals surface area contributed by atoms with Gasteiger partial charge in [0, 0.05) is 13.1 Å². The number of alkyl halides is 1. The zero-order valence-electron chi connectivity index (χ0n) is 8.66. The van der Waals surface area contributed by atoms with Crippen LogP contribution in [0.1, 0.15) is 13.8 Å². The minimum atomic E-state index is -1.06. The lowest BCUT2D eigenvalue weighted by Gasteiger charge is -2.40. The Hall–Kier alpha value is 0.724. The summed E-state index contributed by atoms with van der Waals surface area (Å²) in [4.78, 5) is 0. The van der Waals surface area contributed by atoms with Crippen molar-refractivity contribution in [3.8, 4) is 0 Å². The highest BCUT2D eigenvalue weighted by molar-refractivity contribution is 7.42. The van der Waals surface area contributed by atoms with Crippen LogP contribution in [0.2, 0.25) is 31.7 Å². The Morgan fingerprint density at radius 2 is 1.45 bits per heavy atom. The topological polar surface area (TPSA) is 0 Å². The van der Waals surface area contributed by atoms with Gasteiger partial charge in [0.05, 0.1) is 7.59 Å². The van der Waals surface area contributed by atoms with Crippen molar-refractivity contribution in [1.29, 1.82) is 0 Å². The maximum absolute atomic E-state index is 6.02. The van der Waals surface area contributed by atoms with Gasteiger partial charge in [-0.25, -0.2) is 0 Å². The highest BCUT2D eigenvalue weighted by Gasteiger charge is 2.42. The van der Waals surface area contributed by atoms with Crippen LogP contribution in [0, 0.1) is 0 Å². The number of halogens is 1. The zero-order chi connectivity index (χ0) is 9.28. The molecule has 0 unspecified atom stereocenters. The second kappa shape index (κ2) is 3.63. The lowest BCUT2D eigenvalue weighted by molar-refractivity contribution is 1.03. The fourth-order valence-electron chi connectivity index (χ4n) is 0.954. The van der Waals surface area contributed by atoms with Gasteiger partial charge in [0.15, 0.2) is 0 Å². The van der Waals surface area contributed by atoms with Gasteiger partial charge >= 0.3 is 0 Å². The van der Waals surface area contributed by atoms with E-state index in [2.05, 4.69) is 40.0 Å². The van der Waals surface area contributed by atoms with E-state index in [0.29, 0.717) is 0 Å². The number of rotatable bonds is 3. The first kappa shape index (κ1) is 11.7. The lowest BCUT2D eigenvalue weighted by atomic mass is 10.6. The summed E-state index contributed by atoms with van der Waals surface area (Å²) in [5, 5.41) is 0. The van der Waals surface area contributed by atoms with Crippen LogP contribution in [0.4, 0.5) is 0 Å². The SMILES string of the molecule is CC(C)[Si](C)(C)[Si](C)(C)CCl. The molecule has 0 aromatic carbocycles. The molecule has 0 atom stereocenters. The van der Waals surface area contributed by atoms with Crippen LogP contribution in [0.3, 0.4) is 0 Å². The van der Waals surface area contributed by atoms with Crippen molar-refractivity contribution in [2.75, 3.05) is 5.50 Å². The van der Waals surface area contributed by atoms with Crippen molar-refractivity contribution in [3.63, 3.8) is 0 Å². The molecule has 0 heterocycles. The highest BCUT2D eigenvalue weighted by atomic mass is 35.5. The van der Waals surface area contributed by atoms with Gasteiger partial charge in [-0.2, -0.15) is 0 Å². The molecule has 0 saturated carbocycles. The van der Waals surface area contributed by atoms with E-state index in [0.717, 1.165) is 11.0 Å². The van der Waals surface area contributed by atoms with Crippen LogP contribution in [-0.4, -0.2) is 20.7 Å². The summed E-state index contributed by atoms with van der Waals surface area (Å²) in [6.45, 7) is 14.6. The Kier molecular flexibility index (Phi) is 3.86. The normalized spacial score (nSPS) is 14.2. The molecule has 0 N–H and O–H groups in total. The van der Waals surface area contributed by atoms with Gasteiger partial charge in [-0.15, -0.1) is 11.6 Å². The molecule has 0 radical (unpaired) electrons. The van der Waals surface area contributed by atoms with Crippen molar-refractivity contribution in [1.82, 2.24) is 0 Å². The van der Waals surface area contributed by atoms with E-state index in [1.165, 1.54) is 0 Å². The first-order valence-corrected chi connectivity index (χ1v) is 12.1. The Labute approximate surface area is 78.1 Å². The largest absolute Gasteiger partial charge is 0.130 e.